The van der Waals surface area contributed by atoms with Crippen molar-refractivity contribution in [3.05, 3.63) is 33.9 Å². The highest BCUT2D eigenvalue weighted by atomic mass is 16.2. The molecule has 0 bridgehead atoms. The Bertz CT molecular complexity index is 899. The van der Waals surface area contributed by atoms with Crippen LogP contribution in [-0.2, 0) is 11.3 Å². The van der Waals surface area contributed by atoms with Gasteiger partial charge in [0, 0.05) is 24.8 Å². The maximum absolute atomic E-state index is 12.8. The van der Waals surface area contributed by atoms with E-state index in [-0.39, 0.29) is 17.5 Å². The average Bonchev–Trinajstić information content (AvgIpc) is 3.04. The minimum Gasteiger partial charge on any atom is -0.352 e. The summed E-state index contributed by atoms with van der Waals surface area (Å²) in [4.78, 5) is 29.4. The van der Waals surface area contributed by atoms with Crippen LogP contribution < -0.4 is 16.2 Å². The van der Waals surface area contributed by atoms with Gasteiger partial charge in [0.2, 0.25) is 5.91 Å². The molecule has 8 heteroatoms. The van der Waals surface area contributed by atoms with Gasteiger partial charge < -0.3 is 5.32 Å². The predicted molar refractivity (Wildman–Crippen MR) is 96.5 cm³/mol. The molecule has 1 fully saturated rings. The van der Waals surface area contributed by atoms with Gasteiger partial charge in [-0.2, -0.15) is 5.26 Å². The molecule has 0 radical (unpaired) electrons. The van der Waals surface area contributed by atoms with Crippen LogP contribution in [-0.4, -0.2) is 32.1 Å². The number of aromatic nitrogens is 3. The minimum absolute atomic E-state index is 0.00404. The molecule has 1 amide bonds. The lowest BCUT2D eigenvalue weighted by Gasteiger charge is -2.37. The van der Waals surface area contributed by atoms with Crippen LogP contribution >= 0.6 is 0 Å². The van der Waals surface area contributed by atoms with E-state index in [1.165, 1.54) is 16.8 Å². The largest absolute Gasteiger partial charge is 0.352 e. The number of aromatic amines is 1. The number of amides is 1. The Balaban J connectivity index is 1.85. The lowest BCUT2D eigenvalue weighted by Crippen LogP contribution is -2.58. The number of nitrogens with one attached hydrogen (secondary N) is 3. The second-order valence-electron chi connectivity index (χ2n) is 7.17. The third-order valence-electron chi connectivity index (χ3n) is 4.84. The monoisotopic (exact) mass is 356 g/mol. The van der Waals surface area contributed by atoms with E-state index in [1.807, 2.05) is 19.9 Å². The molecular formula is C18H24N6O2. The van der Waals surface area contributed by atoms with Crippen LogP contribution in [0.2, 0.25) is 0 Å². The van der Waals surface area contributed by atoms with Crippen molar-refractivity contribution >= 4 is 11.6 Å². The lowest BCUT2D eigenvalue weighted by atomic mass is 9.80. The zero-order chi connectivity index (χ0) is 18.7. The Morgan fingerprint density at radius 2 is 2.15 bits per heavy atom. The van der Waals surface area contributed by atoms with E-state index >= 15 is 0 Å². The van der Waals surface area contributed by atoms with Gasteiger partial charge in [-0.1, -0.05) is 19.3 Å². The molecule has 2 aromatic heterocycles. The van der Waals surface area contributed by atoms with Crippen LogP contribution in [0.15, 0.2) is 17.1 Å². The van der Waals surface area contributed by atoms with Gasteiger partial charge in [-0.25, -0.2) is 9.50 Å². The van der Waals surface area contributed by atoms with Gasteiger partial charge >= 0.3 is 0 Å². The first-order valence-electron chi connectivity index (χ1n) is 9.01. The van der Waals surface area contributed by atoms with Crippen molar-refractivity contribution in [2.75, 3.05) is 0 Å². The molecule has 0 aliphatic heterocycles. The summed E-state index contributed by atoms with van der Waals surface area (Å²) in [5.74, 6) is 0.00404. The van der Waals surface area contributed by atoms with Crippen LogP contribution in [0.3, 0.4) is 0 Å². The van der Waals surface area contributed by atoms with Crippen molar-refractivity contribution in [2.24, 2.45) is 0 Å². The number of hydrogen-bond acceptors (Lipinski definition) is 5. The maximum atomic E-state index is 12.8. The average molecular weight is 356 g/mol. The fraction of sp³-hybridized carbons (Fsp3) is 0.556. The highest BCUT2D eigenvalue weighted by Crippen LogP contribution is 2.29. The van der Waals surface area contributed by atoms with Crippen molar-refractivity contribution in [3.63, 3.8) is 0 Å². The van der Waals surface area contributed by atoms with Gasteiger partial charge in [-0.05, 0) is 26.7 Å². The molecule has 0 saturated heterocycles. The number of fused-ring (bicyclic) bond motifs is 1. The third kappa shape index (κ3) is 3.48. The van der Waals surface area contributed by atoms with Crippen molar-refractivity contribution in [1.29, 1.82) is 5.26 Å². The normalized spacial score (nSPS) is 16.5. The molecule has 0 unspecified atom stereocenters. The van der Waals surface area contributed by atoms with Crippen molar-refractivity contribution in [2.45, 2.75) is 64.1 Å². The standard InChI is InChI=1S/C18H24N6O2/c1-12(2)22-17(26)18(6-4-3-5-7-18)20-11-14-8-15(25)24-16(23-14)13(9-19)10-21-24/h8,10,12,20-21H,3-7,11H2,1-2H3,(H,22,26). The number of nitriles is 1. The second kappa shape index (κ2) is 7.30. The summed E-state index contributed by atoms with van der Waals surface area (Å²) in [6.45, 7) is 4.19. The topological polar surface area (TPSA) is 115 Å². The molecule has 138 valence electrons. The molecule has 0 aromatic carbocycles. The van der Waals surface area contributed by atoms with Gasteiger partial charge in [0.05, 0.1) is 11.2 Å². The van der Waals surface area contributed by atoms with Gasteiger partial charge in [0.15, 0.2) is 5.65 Å². The summed E-state index contributed by atoms with van der Waals surface area (Å²) in [7, 11) is 0. The van der Waals surface area contributed by atoms with E-state index in [1.54, 1.807) is 0 Å². The van der Waals surface area contributed by atoms with Gasteiger partial charge in [-0.3, -0.25) is 20.0 Å². The summed E-state index contributed by atoms with van der Waals surface area (Å²) in [5.41, 5.74) is 0.229. The zero-order valence-corrected chi connectivity index (χ0v) is 15.1. The zero-order valence-electron chi connectivity index (χ0n) is 15.1. The Morgan fingerprint density at radius 3 is 2.81 bits per heavy atom. The third-order valence-corrected chi connectivity index (χ3v) is 4.84. The fourth-order valence-corrected chi connectivity index (χ4v) is 3.50. The summed E-state index contributed by atoms with van der Waals surface area (Å²) in [5, 5.41) is 18.2. The van der Waals surface area contributed by atoms with Crippen LogP contribution in [0.25, 0.3) is 5.65 Å². The number of carbonyl (C=O) groups is 1. The van der Waals surface area contributed by atoms with Crippen LogP contribution in [0, 0.1) is 11.3 Å². The molecule has 1 aliphatic rings. The highest BCUT2D eigenvalue weighted by molar-refractivity contribution is 5.86. The Morgan fingerprint density at radius 1 is 1.42 bits per heavy atom. The summed E-state index contributed by atoms with van der Waals surface area (Å²) in [6, 6.07) is 3.51. The predicted octanol–water partition coefficient (Wildman–Crippen LogP) is 1.21. The first kappa shape index (κ1) is 18.1. The van der Waals surface area contributed by atoms with E-state index in [9.17, 15) is 9.59 Å². The van der Waals surface area contributed by atoms with Crippen LogP contribution in [0.4, 0.5) is 0 Å². The highest BCUT2D eigenvalue weighted by Gasteiger charge is 2.39. The molecule has 1 saturated carbocycles. The van der Waals surface area contributed by atoms with Gasteiger partial charge in [0.25, 0.3) is 5.56 Å². The molecule has 2 heterocycles. The minimum atomic E-state index is -0.633. The summed E-state index contributed by atoms with van der Waals surface area (Å²) in [6.07, 6.45) is 6.09. The van der Waals surface area contributed by atoms with E-state index in [2.05, 4.69) is 20.7 Å². The van der Waals surface area contributed by atoms with E-state index < -0.39 is 5.54 Å². The lowest BCUT2D eigenvalue weighted by molar-refractivity contribution is -0.129. The second-order valence-corrected chi connectivity index (χ2v) is 7.17. The number of nitrogens with zero attached hydrogens (tertiary/aromatic N) is 3. The number of hydrogen-bond donors (Lipinski definition) is 3. The van der Waals surface area contributed by atoms with Crippen molar-refractivity contribution in [3.8, 4) is 6.07 Å². The Labute approximate surface area is 151 Å². The van der Waals surface area contributed by atoms with Gasteiger partial charge in [-0.15, -0.1) is 0 Å². The van der Waals surface area contributed by atoms with Crippen LogP contribution in [0.1, 0.15) is 57.2 Å². The van der Waals surface area contributed by atoms with E-state index in [0.29, 0.717) is 23.4 Å². The SMILES string of the molecule is CC(C)NC(=O)C1(NCc2cc(=O)n3[nH]cc(C#N)c3n2)CCCCC1. The molecule has 26 heavy (non-hydrogen) atoms. The number of carbonyl (C=O) groups excluding carboxylic acids is 1. The first-order chi connectivity index (χ1) is 12.4. The summed E-state index contributed by atoms with van der Waals surface area (Å²) >= 11 is 0. The Hall–Kier alpha value is -2.66. The molecule has 0 atom stereocenters. The first-order valence-corrected chi connectivity index (χ1v) is 9.01. The van der Waals surface area contributed by atoms with Crippen molar-refractivity contribution in [1.82, 2.24) is 25.2 Å². The van der Waals surface area contributed by atoms with Gasteiger partial charge in [0.1, 0.15) is 11.6 Å². The van der Waals surface area contributed by atoms with Crippen LogP contribution in [0.5, 0.6) is 0 Å². The van der Waals surface area contributed by atoms with Crippen molar-refractivity contribution < 1.29 is 4.79 Å². The molecule has 1 aliphatic carbocycles. The molecule has 3 rings (SSSR count). The fourth-order valence-electron chi connectivity index (χ4n) is 3.50. The summed E-state index contributed by atoms with van der Waals surface area (Å²) < 4.78 is 1.24. The van der Waals surface area contributed by atoms with E-state index in [0.717, 1.165) is 32.1 Å². The quantitative estimate of drug-likeness (QED) is 0.745. The number of H-pyrrole nitrogens is 1. The molecule has 2 aromatic rings. The smallest absolute Gasteiger partial charge is 0.272 e. The van der Waals surface area contributed by atoms with E-state index in [4.69, 9.17) is 5.26 Å². The molecule has 0 spiro atoms. The maximum Gasteiger partial charge on any atom is 0.272 e. The Kier molecular flexibility index (Phi) is 5.09. The molecule has 8 nitrogen and oxygen atoms in total. The molecular weight excluding hydrogens is 332 g/mol. The molecule has 3 N–H and O–H groups in total. The number of rotatable bonds is 5.